The number of amides is 1. The number of benzene rings is 2. The van der Waals surface area contributed by atoms with E-state index in [1.165, 1.54) is 12.8 Å². The van der Waals surface area contributed by atoms with Crippen LogP contribution in [-0.4, -0.2) is 40.4 Å². The lowest BCUT2D eigenvalue weighted by molar-refractivity contribution is -0.126. The predicted octanol–water partition coefficient (Wildman–Crippen LogP) is 4.34. The van der Waals surface area contributed by atoms with Crippen molar-refractivity contribution in [2.24, 2.45) is 0 Å². The zero-order valence-corrected chi connectivity index (χ0v) is 17.6. The molecule has 0 radical (unpaired) electrons. The Morgan fingerprint density at radius 1 is 0.871 bits per heavy atom. The van der Waals surface area contributed by atoms with Crippen LogP contribution in [0, 0.1) is 0 Å². The summed E-state index contributed by atoms with van der Waals surface area (Å²) in [4.78, 5) is 27.1. The molecule has 1 saturated heterocycles. The molecule has 0 N–H and O–H groups in total. The summed E-state index contributed by atoms with van der Waals surface area (Å²) in [6, 6.07) is 20.1. The van der Waals surface area contributed by atoms with Crippen LogP contribution in [0.1, 0.15) is 29.7 Å². The highest BCUT2D eigenvalue weighted by molar-refractivity contribution is 5.92. The predicted molar refractivity (Wildman–Crippen MR) is 124 cm³/mol. The van der Waals surface area contributed by atoms with Crippen LogP contribution in [0.25, 0.3) is 17.5 Å². The Labute approximate surface area is 183 Å². The second kappa shape index (κ2) is 8.72. The topological polar surface area (TPSA) is 49.3 Å². The van der Waals surface area contributed by atoms with Crippen molar-refractivity contribution >= 4 is 17.8 Å². The monoisotopic (exact) mass is 410 g/mol. The van der Waals surface area contributed by atoms with Crippen LogP contribution in [0.5, 0.6) is 0 Å². The second-order valence-corrected chi connectivity index (χ2v) is 8.11. The molecule has 156 valence electrons. The Hall–Kier alpha value is -3.47. The third kappa shape index (κ3) is 4.22. The molecule has 2 aliphatic heterocycles. The molecule has 1 fully saturated rings. The molecule has 0 bridgehead atoms. The number of hydrogen-bond donors (Lipinski definition) is 0. The first-order valence-corrected chi connectivity index (χ1v) is 11.0. The van der Waals surface area contributed by atoms with Gasteiger partial charge in [-0.25, -0.2) is 9.97 Å². The average Bonchev–Trinajstić information content (AvgIpc) is 3.37. The minimum Gasteiger partial charge on any atom is -0.356 e. The van der Waals surface area contributed by atoms with E-state index in [0.717, 1.165) is 53.5 Å². The molecule has 5 rings (SSSR count). The minimum atomic E-state index is 0.0361. The van der Waals surface area contributed by atoms with Crippen molar-refractivity contribution in [3.63, 3.8) is 0 Å². The van der Waals surface area contributed by atoms with Gasteiger partial charge in [0, 0.05) is 43.3 Å². The number of nitrogens with zero attached hydrogens (tertiary/aromatic N) is 4. The van der Waals surface area contributed by atoms with E-state index in [-0.39, 0.29) is 5.91 Å². The fourth-order valence-electron chi connectivity index (χ4n) is 4.33. The fourth-order valence-corrected chi connectivity index (χ4v) is 4.33. The van der Waals surface area contributed by atoms with Crippen LogP contribution in [0.15, 0.2) is 66.7 Å². The van der Waals surface area contributed by atoms with Crippen molar-refractivity contribution in [1.82, 2.24) is 14.9 Å². The molecule has 0 saturated carbocycles. The van der Waals surface area contributed by atoms with Gasteiger partial charge >= 0.3 is 0 Å². The highest BCUT2D eigenvalue weighted by atomic mass is 16.2. The smallest absolute Gasteiger partial charge is 0.246 e. The molecule has 0 aliphatic carbocycles. The van der Waals surface area contributed by atoms with Gasteiger partial charge in [0.2, 0.25) is 5.91 Å². The van der Waals surface area contributed by atoms with E-state index in [9.17, 15) is 4.79 Å². The van der Waals surface area contributed by atoms with Gasteiger partial charge in [0.1, 0.15) is 5.82 Å². The van der Waals surface area contributed by atoms with Crippen molar-refractivity contribution in [3.05, 3.63) is 83.6 Å². The minimum absolute atomic E-state index is 0.0361. The molecule has 0 atom stereocenters. The lowest BCUT2D eigenvalue weighted by atomic mass is 10.0. The van der Waals surface area contributed by atoms with Crippen molar-refractivity contribution in [2.45, 2.75) is 25.8 Å². The number of carbonyl (C=O) groups is 1. The molecule has 2 aromatic carbocycles. The summed E-state index contributed by atoms with van der Waals surface area (Å²) in [6.45, 7) is 3.27. The van der Waals surface area contributed by atoms with Gasteiger partial charge in [-0.1, -0.05) is 60.7 Å². The molecule has 0 spiro atoms. The van der Waals surface area contributed by atoms with Crippen LogP contribution in [-0.2, 0) is 17.8 Å². The number of aromatic nitrogens is 2. The normalized spacial score (nSPS) is 16.0. The lowest BCUT2D eigenvalue weighted by Crippen LogP contribution is -2.37. The van der Waals surface area contributed by atoms with E-state index in [1.807, 2.05) is 59.5 Å². The summed E-state index contributed by atoms with van der Waals surface area (Å²) in [6.07, 6.45) is 6.68. The van der Waals surface area contributed by atoms with E-state index < -0.39 is 0 Å². The maximum absolute atomic E-state index is 12.9. The number of hydrogen-bond acceptors (Lipinski definition) is 4. The quantitative estimate of drug-likeness (QED) is 0.601. The third-order valence-corrected chi connectivity index (χ3v) is 6.01. The summed E-state index contributed by atoms with van der Waals surface area (Å²) < 4.78 is 0. The molecular weight excluding hydrogens is 384 g/mol. The van der Waals surface area contributed by atoms with Crippen molar-refractivity contribution < 1.29 is 4.79 Å². The average molecular weight is 411 g/mol. The molecule has 0 unspecified atom stereocenters. The summed E-state index contributed by atoms with van der Waals surface area (Å²) in [5, 5.41) is 0. The van der Waals surface area contributed by atoms with E-state index in [2.05, 4.69) is 17.0 Å². The SMILES string of the molecule is O=C(/C=C/c1ccccc1)N1CCc2nc(-c3ccccc3)nc(N3CCCC3)c2C1. The molecule has 1 amide bonds. The summed E-state index contributed by atoms with van der Waals surface area (Å²) in [7, 11) is 0. The first-order valence-electron chi connectivity index (χ1n) is 11.0. The van der Waals surface area contributed by atoms with Gasteiger partial charge in [-0.3, -0.25) is 4.79 Å². The standard InChI is InChI=1S/C26H26N4O/c31-24(14-13-20-9-3-1-4-10-20)30-18-15-23-22(19-30)26(29-16-7-8-17-29)28-25(27-23)21-11-5-2-6-12-21/h1-6,9-14H,7-8,15-19H2/b14-13+. The van der Waals surface area contributed by atoms with Crippen LogP contribution >= 0.6 is 0 Å². The van der Waals surface area contributed by atoms with Crippen molar-refractivity contribution in [1.29, 1.82) is 0 Å². The second-order valence-electron chi connectivity index (χ2n) is 8.11. The fraction of sp³-hybridized carbons (Fsp3) is 0.269. The van der Waals surface area contributed by atoms with Gasteiger partial charge in [0.05, 0.1) is 12.2 Å². The van der Waals surface area contributed by atoms with Crippen molar-refractivity contribution in [3.8, 4) is 11.4 Å². The first kappa shape index (κ1) is 19.5. The molecule has 31 heavy (non-hydrogen) atoms. The van der Waals surface area contributed by atoms with Crippen LogP contribution in [0.3, 0.4) is 0 Å². The van der Waals surface area contributed by atoms with Gasteiger partial charge in [0.25, 0.3) is 0 Å². The first-order chi connectivity index (χ1) is 15.3. The number of rotatable bonds is 4. The molecular formula is C26H26N4O. The molecule has 2 aliphatic rings. The van der Waals surface area contributed by atoms with Gasteiger partial charge in [-0.2, -0.15) is 0 Å². The van der Waals surface area contributed by atoms with E-state index in [4.69, 9.17) is 9.97 Å². The van der Waals surface area contributed by atoms with Gasteiger partial charge < -0.3 is 9.80 Å². The highest BCUT2D eigenvalue weighted by Crippen LogP contribution is 2.31. The summed E-state index contributed by atoms with van der Waals surface area (Å²) in [5.41, 5.74) is 4.25. The van der Waals surface area contributed by atoms with Gasteiger partial charge in [0.15, 0.2) is 5.82 Å². The number of fused-ring (bicyclic) bond motifs is 1. The molecule has 3 aromatic rings. The third-order valence-electron chi connectivity index (χ3n) is 6.01. The number of carbonyl (C=O) groups excluding carboxylic acids is 1. The Kier molecular flexibility index (Phi) is 5.48. The van der Waals surface area contributed by atoms with Gasteiger partial charge in [-0.05, 0) is 24.5 Å². The molecule has 5 heteroatoms. The highest BCUT2D eigenvalue weighted by Gasteiger charge is 2.28. The largest absolute Gasteiger partial charge is 0.356 e. The van der Waals surface area contributed by atoms with Crippen LogP contribution < -0.4 is 4.90 Å². The Morgan fingerprint density at radius 3 is 2.32 bits per heavy atom. The molecule has 5 nitrogen and oxygen atoms in total. The Bertz CT molecular complexity index is 1090. The van der Waals surface area contributed by atoms with Crippen LogP contribution in [0.2, 0.25) is 0 Å². The number of anilines is 1. The Balaban J connectivity index is 1.44. The summed E-state index contributed by atoms with van der Waals surface area (Å²) >= 11 is 0. The summed E-state index contributed by atoms with van der Waals surface area (Å²) in [5.74, 6) is 1.82. The Morgan fingerprint density at radius 2 is 1.58 bits per heavy atom. The van der Waals surface area contributed by atoms with Crippen molar-refractivity contribution in [2.75, 3.05) is 24.5 Å². The zero-order valence-electron chi connectivity index (χ0n) is 17.6. The maximum atomic E-state index is 12.9. The zero-order chi connectivity index (χ0) is 21.0. The van der Waals surface area contributed by atoms with E-state index in [0.29, 0.717) is 13.1 Å². The maximum Gasteiger partial charge on any atom is 0.246 e. The van der Waals surface area contributed by atoms with E-state index >= 15 is 0 Å². The lowest BCUT2D eigenvalue weighted by Gasteiger charge is -2.31. The van der Waals surface area contributed by atoms with Gasteiger partial charge in [-0.15, -0.1) is 0 Å². The van der Waals surface area contributed by atoms with Crippen LogP contribution in [0.4, 0.5) is 5.82 Å². The molecule has 3 heterocycles. The molecule has 1 aromatic heterocycles. The van der Waals surface area contributed by atoms with E-state index in [1.54, 1.807) is 6.08 Å².